The molecule has 0 radical (unpaired) electrons. The Kier molecular flexibility index (Phi) is 3.13. The molecule has 16 heavy (non-hydrogen) atoms. The average Bonchev–Trinajstić information content (AvgIpc) is 3.03. The van der Waals surface area contributed by atoms with Crippen molar-refractivity contribution in [2.45, 2.75) is 38.8 Å². The van der Waals surface area contributed by atoms with Crippen molar-refractivity contribution in [1.29, 1.82) is 0 Å². The van der Waals surface area contributed by atoms with Crippen LogP contribution in [0.25, 0.3) is 0 Å². The van der Waals surface area contributed by atoms with E-state index in [1.807, 2.05) is 36.9 Å². The zero-order valence-electron chi connectivity index (χ0n) is 9.72. The molecule has 1 saturated carbocycles. The highest BCUT2D eigenvalue weighted by atomic mass is 16.6. The number of ether oxygens (including phenoxy) is 1. The summed E-state index contributed by atoms with van der Waals surface area (Å²) in [6.07, 6.45) is 1.97. The van der Waals surface area contributed by atoms with Gasteiger partial charge in [-0.1, -0.05) is 18.2 Å². The molecule has 3 heteroatoms. The smallest absolute Gasteiger partial charge is 0.410 e. The highest BCUT2D eigenvalue weighted by Crippen LogP contribution is 2.29. The van der Waals surface area contributed by atoms with E-state index in [-0.39, 0.29) is 12.1 Å². The maximum atomic E-state index is 11.9. The topological polar surface area (TPSA) is 29.5 Å². The number of para-hydroxylation sites is 1. The number of benzene rings is 1. The predicted molar refractivity (Wildman–Crippen MR) is 62.5 cm³/mol. The van der Waals surface area contributed by atoms with Crippen molar-refractivity contribution in [2.24, 2.45) is 0 Å². The standard InChI is InChI=1S/C13H17NO2/c1-10(2)14(11-8-9-11)13(15)16-12-6-4-3-5-7-12/h3-7,10-11H,8-9H2,1-2H3. The van der Waals surface area contributed by atoms with Crippen molar-refractivity contribution < 1.29 is 9.53 Å². The van der Waals surface area contributed by atoms with Gasteiger partial charge in [0.25, 0.3) is 0 Å². The van der Waals surface area contributed by atoms with Crippen LogP contribution in [0.1, 0.15) is 26.7 Å². The molecule has 0 heterocycles. The van der Waals surface area contributed by atoms with E-state index in [2.05, 4.69) is 0 Å². The first-order chi connectivity index (χ1) is 7.68. The fourth-order valence-corrected chi connectivity index (χ4v) is 1.78. The molecule has 0 atom stereocenters. The van der Waals surface area contributed by atoms with Crippen LogP contribution >= 0.6 is 0 Å². The second-order valence-electron chi connectivity index (χ2n) is 4.41. The van der Waals surface area contributed by atoms with Crippen LogP contribution < -0.4 is 4.74 Å². The first-order valence-corrected chi connectivity index (χ1v) is 5.73. The van der Waals surface area contributed by atoms with Gasteiger partial charge in [-0.3, -0.25) is 0 Å². The largest absolute Gasteiger partial charge is 0.415 e. The molecule has 0 aromatic heterocycles. The molecule has 86 valence electrons. The van der Waals surface area contributed by atoms with E-state index in [0.29, 0.717) is 11.8 Å². The van der Waals surface area contributed by atoms with Gasteiger partial charge in [0.1, 0.15) is 5.75 Å². The van der Waals surface area contributed by atoms with E-state index < -0.39 is 0 Å². The van der Waals surface area contributed by atoms with E-state index in [9.17, 15) is 4.79 Å². The summed E-state index contributed by atoms with van der Waals surface area (Å²) in [5, 5.41) is 0. The molecule has 1 aromatic carbocycles. The molecule has 1 amide bonds. The summed E-state index contributed by atoms with van der Waals surface area (Å²) >= 11 is 0. The van der Waals surface area contributed by atoms with Crippen molar-refractivity contribution in [3.05, 3.63) is 30.3 Å². The van der Waals surface area contributed by atoms with Gasteiger partial charge in [-0.15, -0.1) is 0 Å². The quantitative estimate of drug-likeness (QED) is 0.782. The maximum Gasteiger partial charge on any atom is 0.415 e. The molecule has 1 aliphatic carbocycles. The fraction of sp³-hybridized carbons (Fsp3) is 0.462. The van der Waals surface area contributed by atoms with E-state index >= 15 is 0 Å². The summed E-state index contributed by atoms with van der Waals surface area (Å²) in [4.78, 5) is 13.8. The van der Waals surface area contributed by atoms with Gasteiger partial charge < -0.3 is 9.64 Å². The lowest BCUT2D eigenvalue weighted by molar-refractivity contribution is 0.135. The molecule has 1 fully saturated rings. The van der Waals surface area contributed by atoms with Crippen LogP contribution in [-0.4, -0.2) is 23.1 Å². The van der Waals surface area contributed by atoms with Crippen LogP contribution in [0, 0.1) is 0 Å². The molecule has 1 aromatic rings. The summed E-state index contributed by atoms with van der Waals surface area (Å²) in [6.45, 7) is 4.04. The first kappa shape index (κ1) is 11.0. The molecule has 3 nitrogen and oxygen atoms in total. The van der Waals surface area contributed by atoms with Crippen LogP contribution in [0.15, 0.2) is 30.3 Å². The summed E-state index contributed by atoms with van der Waals surface area (Å²) in [5.41, 5.74) is 0. The second-order valence-corrected chi connectivity index (χ2v) is 4.41. The molecule has 0 spiro atoms. The van der Waals surface area contributed by atoms with Crippen LogP contribution in [0.5, 0.6) is 5.75 Å². The Morgan fingerprint density at radius 3 is 2.44 bits per heavy atom. The Morgan fingerprint density at radius 1 is 1.31 bits per heavy atom. The minimum absolute atomic E-state index is 0.198. The molecule has 0 bridgehead atoms. The second kappa shape index (κ2) is 4.56. The molecule has 2 rings (SSSR count). The molecule has 0 unspecified atom stereocenters. The van der Waals surface area contributed by atoms with Crippen molar-refractivity contribution in [2.75, 3.05) is 0 Å². The minimum atomic E-state index is -0.233. The molecule has 0 aliphatic heterocycles. The highest BCUT2D eigenvalue weighted by molar-refractivity contribution is 5.71. The van der Waals surface area contributed by atoms with Gasteiger partial charge in [0, 0.05) is 12.1 Å². The molecule has 1 aliphatic rings. The monoisotopic (exact) mass is 219 g/mol. The number of hydrogen-bond donors (Lipinski definition) is 0. The average molecular weight is 219 g/mol. The van der Waals surface area contributed by atoms with E-state index in [0.717, 1.165) is 12.8 Å². The molecule has 0 N–H and O–H groups in total. The van der Waals surface area contributed by atoms with E-state index in [4.69, 9.17) is 4.74 Å². The third-order valence-electron chi connectivity index (χ3n) is 2.66. The summed E-state index contributed by atoms with van der Waals surface area (Å²) in [5.74, 6) is 0.610. The Bertz CT molecular complexity index is 355. The van der Waals surface area contributed by atoms with Crippen molar-refractivity contribution in [3.8, 4) is 5.75 Å². The molecule has 0 saturated heterocycles. The number of hydrogen-bond acceptors (Lipinski definition) is 2. The Balaban J connectivity index is 2.01. The van der Waals surface area contributed by atoms with Crippen molar-refractivity contribution in [1.82, 2.24) is 4.90 Å². The SMILES string of the molecule is CC(C)N(C(=O)Oc1ccccc1)C1CC1. The normalized spacial score (nSPS) is 14.9. The lowest BCUT2D eigenvalue weighted by Crippen LogP contribution is -2.40. The van der Waals surface area contributed by atoms with Gasteiger partial charge in [-0.05, 0) is 38.8 Å². The predicted octanol–water partition coefficient (Wildman–Crippen LogP) is 3.06. The van der Waals surface area contributed by atoms with Gasteiger partial charge >= 0.3 is 6.09 Å². The van der Waals surface area contributed by atoms with Gasteiger partial charge in [0.05, 0.1) is 0 Å². The zero-order valence-corrected chi connectivity index (χ0v) is 9.72. The van der Waals surface area contributed by atoms with Crippen molar-refractivity contribution >= 4 is 6.09 Å². The lowest BCUT2D eigenvalue weighted by Gasteiger charge is -2.25. The Hall–Kier alpha value is -1.51. The van der Waals surface area contributed by atoms with Crippen LogP contribution in [0.4, 0.5) is 4.79 Å². The van der Waals surface area contributed by atoms with Gasteiger partial charge in [0.2, 0.25) is 0 Å². The van der Waals surface area contributed by atoms with Gasteiger partial charge in [-0.25, -0.2) is 4.79 Å². The third-order valence-corrected chi connectivity index (χ3v) is 2.66. The summed E-state index contributed by atoms with van der Waals surface area (Å²) in [7, 11) is 0. The highest BCUT2D eigenvalue weighted by Gasteiger charge is 2.35. The number of rotatable bonds is 3. The molecular weight excluding hydrogens is 202 g/mol. The Labute approximate surface area is 96.0 Å². The van der Waals surface area contributed by atoms with Crippen molar-refractivity contribution in [3.63, 3.8) is 0 Å². The number of carbonyl (C=O) groups is 1. The third kappa shape index (κ3) is 2.54. The lowest BCUT2D eigenvalue weighted by atomic mass is 10.3. The van der Waals surface area contributed by atoms with Crippen LogP contribution in [0.2, 0.25) is 0 Å². The van der Waals surface area contributed by atoms with Gasteiger partial charge in [-0.2, -0.15) is 0 Å². The first-order valence-electron chi connectivity index (χ1n) is 5.73. The van der Waals surface area contributed by atoms with Crippen LogP contribution in [0.3, 0.4) is 0 Å². The van der Waals surface area contributed by atoms with Gasteiger partial charge in [0.15, 0.2) is 0 Å². The number of nitrogens with zero attached hydrogens (tertiary/aromatic N) is 1. The Morgan fingerprint density at radius 2 is 1.94 bits per heavy atom. The molecular formula is C13H17NO2. The fourth-order valence-electron chi connectivity index (χ4n) is 1.78. The summed E-state index contributed by atoms with van der Waals surface area (Å²) in [6, 6.07) is 9.80. The minimum Gasteiger partial charge on any atom is -0.410 e. The summed E-state index contributed by atoms with van der Waals surface area (Å²) < 4.78 is 5.33. The number of carbonyl (C=O) groups excluding carboxylic acids is 1. The zero-order chi connectivity index (χ0) is 11.5. The van der Waals surface area contributed by atoms with Crippen LogP contribution in [-0.2, 0) is 0 Å². The number of amides is 1. The van der Waals surface area contributed by atoms with E-state index in [1.54, 1.807) is 12.1 Å². The maximum absolute atomic E-state index is 11.9. The van der Waals surface area contributed by atoms with E-state index in [1.165, 1.54) is 0 Å².